The van der Waals surface area contributed by atoms with Gasteiger partial charge in [-0.2, -0.15) is 0 Å². The number of nitrogens with one attached hydrogen (secondary N) is 2. The molecule has 0 radical (unpaired) electrons. The third-order valence-electron chi connectivity index (χ3n) is 3.70. The number of methoxy groups -OCH3 is 1. The number of hydrogen-bond acceptors (Lipinski definition) is 5. The molecule has 3 N–H and O–H groups in total. The summed E-state index contributed by atoms with van der Waals surface area (Å²) in [6.07, 6.45) is 1.18. The average molecular weight is 336 g/mol. The topological polar surface area (TPSA) is 114 Å². The first-order valence-electron chi connectivity index (χ1n) is 7.60. The Labute approximate surface area is 139 Å². The number of aliphatic carboxylic acids is 1. The van der Waals surface area contributed by atoms with Crippen molar-refractivity contribution in [2.45, 2.75) is 31.4 Å². The monoisotopic (exact) mass is 336 g/mol. The first-order chi connectivity index (χ1) is 11.5. The Hall–Kier alpha value is -2.61. The molecule has 0 bridgehead atoms. The molecule has 24 heavy (non-hydrogen) atoms. The van der Waals surface area contributed by atoms with E-state index in [-0.39, 0.29) is 12.5 Å². The summed E-state index contributed by atoms with van der Waals surface area (Å²) in [4.78, 5) is 34.6. The molecule has 2 rings (SSSR count). The van der Waals surface area contributed by atoms with E-state index < -0.39 is 24.0 Å². The van der Waals surface area contributed by atoms with Crippen LogP contribution >= 0.6 is 0 Å². The maximum absolute atomic E-state index is 12.2. The fourth-order valence-corrected chi connectivity index (χ4v) is 2.43. The third kappa shape index (κ3) is 4.95. The van der Waals surface area contributed by atoms with Gasteiger partial charge in [-0.25, -0.2) is 9.59 Å². The Bertz CT molecular complexity index is 595. The molecule has 2 amide bonds. The van der Waals surface area contributed by atoms with E-state index in [1.165, 1.54) is 31.4 Å². The zero-order valence-corrected chi connectivity index (χ0v) is 13.3. The van der Waals surface area contributed by atoms with Crippen molar-refractivity contribution in [3.05, 3.63) is 29.8 Å². The SMILES string of the molecule is COC(=O)Nc1ccc(C(=O)NC(CC2CCCO2)C(=O)O)cc1. The normalized spacial score (nSPS) is 17.8. The molecular weight excluding hydrogens is 316 g/mol. The summed E-state index contributed by atoms with van der Waals surface area (Å²) in [5.74, 6) is -1.59. The van der Waals surface area contributed by atoms with Crippen LogP contribution in [0.3, 0.4) is 0 Å². The van der Waals surface area contributed by atoms with E-state index in [0.717, 1.165) is 12.8 Å². The Morgan fingerprint density at radius 3 is 2.58 bits per heavy atom. The van der Waals surface area contributed by atoms with E-state index in [4.69, 9.17) is 4.74 Å². The van der Waals surface area contributed by atoms with E-state index in [9.17, 15) is 19.5 Å². The molecule has 0 spiro atoms. The van der Waals surface area contributed by atoms with E-state index in [1.54, 1.807) is 0 Å². The number of hydrogen-bond donors (Lipinski definition) is 3. The van der Waals surface area contributed by atoms with Crippen LogP contribution in [-0.2, 0) is 14.3 Å². The Kier molecular flexibility index (Phi) is 6.14. The van der Waals surface area contributed by atoms with Crippen molar-refractivity contribution < 1.29 is 29.0 Å². The summed E-state index contributed by atoms with van der Waals surface area (Å²) >= 11 is 0. The second-order valence-corrected chi connectivity index (χ2v) is 5.43. The maximum Gasteiger partial charge on any atom is 0.411 e. The van der Waals surface area contributed by atoms with Gasteiger partial charge in [-0.05, 0) is 37.1 Å². The Morgan fingerprint density at radius 2 is 2.04 bits per heavy atom. The lowest BCUT2D eigenvalue weighted by Crippen LogP contribution is -2.42. The van der Waals surface area contributed by atoms with Gasteiger partial charge in [-0.1, -0.05) is 0 Å². The van der Waals surface area contributed by atoms with Crippen molar-refractivity contribution in [1.29, 1.82) is 0 Å². The molecule has 0 aromatic heterocycles. The number of anilines is 1. The number of carbonyl (C=O) groups is 3. The Morgan fingerprint density at radius 1 is 1.33 bits per heavy atom. The molecule has 1 saturated heterocycles. The second kappa shape index (κ2) is 8.30. The first kappa shape index (κ1) is 17.7. The highest BCUT2D eigenvalue weighted by Crippen LogP contribution is 2.17. The van der Waals surface area contributed by atoms with Gasteiger partial charge in [-0.15, -0.1) is 0 Å². The smallest absolute Gasteiger partial charge is 0.411 e. The van der Waals surface area contributed by atoms with E-state index >= 15 is 0 Å². The fourth-order valence-electron chi connectivity index (χ4n) is 2.43. The standard InChI is InChI=1S/C16H20N2O6/c1-23-16(22)17-11-6-4-10(5-7-11)14(19)18-13(15(20)21)9-12-3-2-8-24-12/h4-7,12-13H,2-3,8-9H2,1H3,(H,17,22)(H,18,19)(H,20,21). The summed E-state index contributed by atoms with van der Waals surface area (Å²) < 4.78 is 9.89. The van der Waals surface area contributed by atoms with Gasteiger partial charge in [0.1, 0.15) is 6.04 Å². The molecule has 1 fully saturated rings. The van der Waals surface area contributed by atoms with Crippen molar-refractivity contribution in [3.63, 3.8) is 0 Å². The van der Waals surface area contributed by atoms with Crippen LogP contribution in [0.15, 0.2) is 24.3 Å². The zero-order valence-electron chi connectivity index (χ0n) is 13.3. The molecule has 1 aromatic rings. The zero-order chi connectivity index (χ0) is 17.5. The molecule has 2 atom stereocenters. The average Bonchev–Trinajstić information content (AvgIpc) is 3.07. The summed E-state index contributed by atoms with van der Waals surface area (Å²) in [5, 5.41) is 14.2. The minimum atomic E-state index is -1.09. The number of amides is 2. The minimum Gasteiger partial charge on any atom is -0.480 e. The molecule has 1 heterocycles. The van der Waals surface area contributed by atoms with Crippen molar-refractivity contribution in [2.24, 2.45) is 0 Å². The molecular formula is C16H20N2O6. The minimum absolute atomic E-state index is 0.141. The van der Waals surface area contributed by atoms with Crippen molar-refractivity contribution in [2.75, 3.05) is 19.0 Å². The van der Waals surface area contributed by atoms with Gasteiger partial charge in [0.25, 0.3) is 5.91 Å². The van der Waals surface area contributed by atoms with E-state index in [0.29, 0.717) is 17.9 Å². The second-order valence-electron chi connectivity index (χ2n) is 5.43. The van der Waals surface area contributed by atoms with Gasteiger partial charge in [0.2, 0.25) is 0 Å². The quantitative estimate of drug-likeness (QED) is 0.727. The molecule has 2 unspecified atom stereocenters. The highest BCUT2D eigenvalue weighted by Gasteiger charge is 2.27. The molecule has 0 aliphatic carbocycles. The largest absolute Gasteiger partial charge is 0.480 e. The van der Waals surface area contributed by atoms with Gasteiger partial charge >= 0.3 is 12.1 Å². The van der Waals surface area contributed by atoms with Crippen molar-refractivity contribution in [3.8, 4) is 0 Å². The highest BCUT2D eigenvalue weighted by molar-refractivity contribution is 5.97. The third-order valence-corrected chi connectivity index (χ3v) is 3.70. The van der Waals surface area contributed by atoms with Gasteiger partial charge < -0.3 is 19.9 Å². The van der Waals surface area contributed by atoms with Gasteiger partial charge in [0.05, 0.1) is 13.2 Å². The molecule has 1 aromatic carbocycles. The number of carboxylic acid groups (broad SMARTS) is 1. The first-order valence-corrected chi connectivity index (χ1v) is 7.60. The van der Waals surface area contributed by atoms with Crippen molar-refractivity contribution >= 4 is 23.7 Å². The van der Waals surface area contributed by atoms with Crippen LogP contribution in [0, 0.1) is 0 Å². The van der Waals surface area contributed by atoms with Crippen LogP contribution in [0.1, 0.15) is 29.6 Å². The molecule has 8 heteroatoms. The summed E-state index contributed by atoms with van der Waals surface area (Å²) in [6, 6.07) is 5.04. The van der Waals surface area contributed by atoms with Crippen LogP contribution in [0.4, 0.5) is 10.5 Å². The van der Waals surface area contributed by atoms with Crippen LogP contribution < -0.4 is 10.6 Å². The van der Waals surface area contributed by atoms with E-state index in [1.807, 2.05) is 0 Å². The summed E-state index contributed by atoms with van der Waals surface area (Å²) in [5.41, 5.74) is 0.761. The lowest BCUT2D eigenvalue weighted by molar-refractivity contribution is -0.140. The lowest BCUT2D eigenvalue weighted by atomic mass is 10.1. The Balaban J connectivity index is 1.96. The number of carboxylic acids is 1. The van der Waals surface area contributed by atoms with Crippen LogP contribution in [0.5, 0.6) is 0 Å². The van der Waals surface area contributed by atoms with Crippen molar-refractivity contribution in [1.82, 2.24) is 5.32 Å². The van der Waals surface area contributed by atoms with Crippen LogP contribution in [0.25, 0.3) is 0 Å². The number of benzene rings is 1. The predicted molar refractivity (Wildman–Crippen MR) is 85.0 cm³/mol. The van der Waals surface area contributed by atoms with E-state index in [2.05, 4.69) is 15.4 Å². The summed E-state index contributed by atoms with van der Waals surface area (Å²) in [6.45, 7) is 0.625. The summed E-state index contributed by atoms with van der Waals surface area (Å²) in [7, 11) is 1.25. The molecule has 1 aliphatic heterocycles. The predicted octanol–water partition coefficient (Wildman–Crippen LogP) is 1.62. The van der Waals surface area contributed by atoms with Gasteiger partial charge in [0, 0.05) is 24.3 Å². The van der Waals surface area contributed by atoms with Gasteiger partial charge in [0.15, 0.2) is 0 Å². The molecule has 130 valence electrons. The molecule has 8 nitrogen and oxygen atoms in total. The number of ether oxygens (including phenoxy) is 2. The fraction of sp³-hybridized carbons (Fsp3) is 0.438. The van der Waals surface area contributed by atoms with Crippen LogP contribution in [0.2, 0.25) is 0 Å². The number of carbonyl (C=O) groups excluding carboxylic acids is 2. The lowest BCUT2D eigenvalue weighted by Gasteiger charge is -2.18. The van der Waals surface area contributed by atoms with Gasteiger partial charge in [-0.3, -0.25) is 10.1 Å². The molecule has 0 saturated carbocycles. The highest BCUT2D eigenvalue weighted by atomic mass is 16.5. The molecule has 1 aliphatic rings. The van der Waals surface area contributed by atoms with Crippen LogP contribution in [-0.4, -0.2) is 48.9 Å². The maximum atomic E-state index is 12.2. The number of rotatable bonds is 6.